The van der Waals surface area contributed by atoms with Gasteiger partial charge in [0, 0.05) is 6.07 Å². The number of anilines is 1. The molecule has 2 N–H and O–H groups in total. The van der Waals surface area contributed by atoms with Crippen LogP contribution in [0.25, 0.3) is 0 Å². The number of carbonyl (C=O) groups excluding carboxylic acids is 1. The number of hydrogen-bond donors (Lipinski definition) is 2. The van der Waals surface area contributed by atoms with Gasteiger partial charge >= 0.3 is 0 Å². The van der Waals surface area contributed by atoms with Crippen LogP contribution < -0.4 is 19.5 Å². The van der Waals surface area contributed by atoms with Crippen LogP contribution in [0.15, 0.2) is 47.4 Å². The standard InChI is InChI=1S/C17H19FN2O5S/c1-11(20-26(22,23)14-7-4-12(18)5-8-14)17(21)19-15-10-13(24-2)6-9-16(15)25-3/h4-11,20H,1-3H3,(H,19,21). The molecule has 7 nitrogen and oxygen atoms in total. The van der Waals surface area contributed by atoms with Gasteiger partial charge in [0.1, 0.15) is 17.3 Å². The van der Waals surface area contributed by atoms with E-state index in [1.54, 1.807) is 18.2 Å². The van der Waals surface area contributed by atoms with Crippen molar-refractivity contribution in [3.05, 3.63) is 48.3 Å². The van der Waals surface area contributed by atoms with E-state index in [1.165, 1.54) is 21.1 Å². The summed E-state index contributed by atoms with van der Waals surface area (Å²) in [5.74, 6) is -0.254. The molecule has 0 fully saturated rings. The lowest BCUT2D eigenvalue weighted by molar-refractivity contribution is -0.117. The van der Waals surface area contributed by atoms with Crippen LogP contribution >= 0.6 is 0 Å². The van der Waals surface area contributed by atoms with Crippen molar-refractivity contribution < 1.29 is 27.1 Å². The lowest BCUT2D eigenvalue weighted by Crippen LogP contribution is -2.41. The first-order valence-electron chi connectivity index (χ1n) is 7.57. The van der Waals surface area contributed by atoms with Crippen molar-refractivity contribution in [3.8, 4) is 11.5 Å². The van der Waals surface area contributed by atoms with Gasteiger partial charge in [-0.2, -0.15) is 4.72 Å². The molecule has 0 spiro atoms. The average molecular weight is 382 g/mol. The van der Waals surface area contributed by atoms with E-state index < -0.39 is 27.8 Å². The Morgan fingerprint density at radius 1 is 1.08 bits per heavy atom. The molecular formula is C17H19FN2O5S. The highest BCUT2D eigenvalue weighted by molar-refractivity contribution is 7.89. The molecule has 140 valence electrons. The number of sulfonamides is 1. The van der Waals surface area contributed by atoms with E-state index in [0.29, 0.717) is 17.2 Å². The SMILES string of the molecule is COc1ccc(OC)c(NC(=O)C(C)NS(=O)(=O)c2ccc(F)cc2)c1. The Bertz CT molecular complexity index is 885. The van der Waals surface area contributed by atoms with E-state index in [9.17, 15) is 17.6 Å². The summed E-state index contributed by atoms with van der Waals surface area (Å²) in [5.41, 5.74) is 0.338. The third-order valence-electron chi connectivity index (χ3n) is 3.51. The molecule has 0 radical (unpaired) electrons. The monoisotopic (exact) mass is 382 g/mol. The number of methoxy groups -OCH3 is 2. The van der Waals surface area contributed by atoms with E-state index in [0.717, 1.165) is 24.3 Å². The molecule has 0 aromatic heterocycles. The topological polar surface area (TPSA) is 93.7 Å². The molecule has 0 aliphatic carbocycles. The number of halogens is 1. The summed E-state index contributed by atoms with van der Waals surface area (Å²) >= 11 is 0. The summed E-state index contributed by atoms with van der Waals surface area (Å²) in [5, 5.41) is 2.59. The highest BCUT2D eigenvalue weighted by Gasteiger charge is 2.23. The van der Waals surface area contributed by atoms with Gasteiger partial charge in [0.2, 0.25) is 15.9 Å². The number of benzene rings is 2. The van der Waals surface area contributed by atoms with Crippen molar-refractivity contribution in [2.45, 2.75) is 17.9 Å². The first-order valence-corrected chi connectivity index (χ1v) is 9.06. The Morgan fingerprint density at radius 3 is 2.31 bits per heavy atom. The fourth-order valence-electron chi connectivity index (χ4n) is 2.12. The van der Waals surface area contributed by atoms with E-state index in [1.807, 2.05) is 0 Å². The van der Waals surface area contributed by atoms with Crippen LogP contribution in [0.1, 0.15) is 6.92 Å². The van der Waals surface area contributed by atoms with Crippen molar-refractivity contribution in [1.82, 2.24) is 4.72 Å². The number of carbonyl (C=O) groups is 1. The maximum absolute atomic E-state index is 12.9. The second-order valence-electron chi connectivity index (χ2n) is 5.35. The van der Waals surface area contributed by atoms with Crippen molar-refractivity contribution in [3.63, 3.8) is 0 Å². The highest BCUT2D eigenvalue weighted by Crippen LogP contribution is 2.29. The summed E-state index contributed by atoms with van der Waals surface area (Å²) < 4.78 is 50.0. The molecule has 1 unspecified atom stereocenters. The number of rotatable bonds is 7. The summed E-state index contributed by atoms with van der Waals surface area (Å²) in [6, 6.07) is 8.04. The first kappa shape index (κ1) is 19.7. The van der Waals surface area contributed by atoms with E-state index >= 15 is 0 Å². The van der Waals surface area contributed by atoms with E-state index in [4.69, 9.17) is 9.47 Å². The normalized spacial score (nSPS) is 12.3. The maximum Gasteiger partial charge on any atom is 0.242 e. The van der Waals surface area contributed by atoms with E-state index in [-0.39, 0.29) is 4.90 Å². The van der Waals surface area contributed by atoms with Gasteiger partial charge in [0.25, 0.3) is 0 Å². The molecule has 0 heterocycles. The second-order valence-corrected chi connectivity index (χ2v) is 7.07. The molecule has 26 heavy (non-hydrogen) atoms. The minimum atomic E-state index is -3.98. The number of amides is 1. The van der Waals surface area contributed by atoms with Gasteiger partial charge in [-0.3, -0.25) is 4.79 Å². The quantitative estimate of drug-likeness (QED) is 0.765. The number of hydrogen-bond acceptors (Lipinski definition) is 5. The second kappa shape index (κ2) is 8.15. The van der Waals surface area contributed by atoms with Gasteiger partial charge in [-0.15, -0.1) is 0 Å². The molecule has 0 aliphatic rings. The smallest absolute Gasteiger partial charge is 0.242 e. The minimum Gasteiger partial charge on any atom is -0.497 e. The third kappa shape index (κ3) is 4.70. The largest absolute Gasteiger partial charge is 0.497 e. The minimum absolute atomic E-state index is 0.141. The number of nitrogens with one attached hydrogen (secondary N) is 2. The van der Waals surface area contributed by atoms with Gasteiger partial charge in [0.05, 0.1) is 30.8 Å². The lowest BCUT2D eigenvalue weighted by atomic mass is 10.2. The van der Waals surface area contributed by atoms with Crippen LogP contribution in [-0.2, 0) is 14.8 Å². The van der Waals surface area contributed by atoms with Gasteiger partial charge in [-0.1, -0.05) is 0 Å². The Labute approximate surface area is 151 Å². The number of ether oxygens (including phenoxy) is 2. The summed E-state index contributed by atoms with van der Waals surface area (Å²) in [6.07, 6.45) is 0. The van der Waals surface area contributed by atoms with Crippen molar-refractivity contribution in [1.29, 1.82) is 0 Å². The summed E-state index contributed by atoms with van der Waals surface area (Å²) in [7, 11) is -1.05. The molecule has 0 bridgehead atoms. The molecule has 1 atom stereocenters. The Kier molecular flexibility index (Phi) is 6.17. The molecule has 0 saturated carbocycles. The van der Waals surface area contributed by atoms with Gasteiger partial charge in [0.15, 0.2) is 0 Å². The molecule has 2 aromatic carbocycles. The van der Waals surface area contributed by atoms with Crippen molar-refractivity contribution >= 4 is 21.6 Å². The van der Waals surface area contributed by atoms with Gasteiger partial charge < -0.3 is 14.8 Å². The third-order valence-corrected chi connectivity index (χ3v) is 5.07. The Hall–Kier alpha value is -2.65. The van der Waals surface area contributed by atoms with Crippen molar-refractivity contribution in [2.24, 2.45) is 0 Å². The van der Waals surface area contributed by atoms with Crippen LogP contribution in [-0.4, -0.2) is 34.6 Å². The molecule has 0 aliphatic heterocycles. The molecule has 0 saturated heterocycles. The highest BCUT2D eigenvalue weighted by atomic mass is 32.2. The van der Waals surface area contributed by atoms with Crippen molar-refractivity contribution in [2.75, 3.05) is 19.5 Å². The molecule has 1 amide bonds. The van der Waals surface area contributed by atoms with E-state index in [2.05, 4.69) is 10.0 Å². The molecule has 9 heteroatoms. The maximum atomic E-state index is 12.9. The summed E-state index contributed by atoms with van der Waals surface area (Å²) in [6.45, 7) is 1.39. The molecular weight excluding hydrogens is 363 g/mol. The average Bonchev–Trinajstić information content (AvgIpc) is 2.61. The first-order chi connectivity index (χ1) is 12.3. The lowest BCUT2D eigenvalue weighted by Gasteiger charge is -2.16. The molecule has 2 rings (SSSR count). The summed E-state index contributed by atoms with van der Waals surface area (Å²) in [4.78, 5) is 12.2. The zero-order valence-electron chi connectivity index (χ0n) is 14.4. The van der Waals surface area contributed by atoms with Crippen LogP contribution in [0, 0.1) is 5.82 Å². The Balaban J connectivity index is 2.14. The van der Waals surface area contributed by atoms with Crippen LogP contribution in [0.2, 0.25) is 0 Å². The van der Waals surface area contributed by atoms with Gasteiger partial charge in [-0.05, 0) is 43.3 Å². The predicted octanol–water partition coefficient (Wildman–Crippen LogP) is 2.15. The Morgan fingerprint density at radius 2 is 1.73 bits per heavy atom. The van der Waals surface area contributed by atoms with Gasteiger partial charge in [-0.25, -0.2) is 12.8 Å². The fourth-order valence-corrected chi connectivity index (χ4v) is 3.32. The zero-order chi connectivity index (χ0) is 19.3. The molecule has 2 aromatic rings. The van der Waals surface area contributed by atoms with Crippen LogP contribution in [0.5, 0.6) is 11.5 Å². The fraction of sp³-hybridized carbons (Fsp3) is 0.235. The van der Waals surface area contributed by atoms with Crippen LogP contribution in [0.4, 0.5) is 10.1 Å². The predicted molar refractivity (Wildman–Crippen MR) is 94.4 cm³/mol. The van der Waals surface area contributed by atoms with Crippen LogP contribution in [0.3, 0.4) is 0 Å². The zero-order valence-corrected chi connectivity index (χ0v) is 15.3.